The van der Waals surface area contributed by atoms with E-state index in [2.05, 4.69) is 19.2 Å². The van der Waals surface area contributed by atoms with Gasteiger partial charge in [0.2, 0.25) is 0 Å². The molecule has 1 atom stereocenters. The van der Waals surface area contributed by atoms with E-state index in [0.29, 0.717) is 6.04 Å². The molecule has 0 bridgehead atoms. The molecule has 0 aliphatic carbocycles. The smallest absolute Gasteiger partial charge is 0.120 e. The Bertz CT molecular complexity index is 169. The Kier molecular flexibility index (Phi) is 2.51. The summed E-state index contributed by atoms with van der Waals surface area (Å²) in [7, 11) is 0. The van der Waals surface area contributed by atoms with Crippen molar-refractivity contribution >= 4 is 0 Å². The summed E-state index contributed by atoms with van der Waals surface area (Å²) in [5, 5.41) is 3.25. The van der Waals surface area contributed by atoms with Gasteiger partial charge in [-0.3, -0.25) is 0 Å². The van der Waals surface area contributed by atoms with E-state index in [1.165, 1.54) is 0 Å². The Morgan fingerprint density at radius 3 is 3.00 bits per heavy atom. The predicted octanol–water partition coefficient (Wildman–Crippen LogP) is 1.95. The zero-order valence-electron chi connectivity index (χ0n) is 6.42. The number of hydrogen-bond acceptors (Lipinski definition) is 2. The van der Waals surface area contributed by atoms with Crippen molar-refractivity contribution in [2.75, 3.05) is 6.54 Å². The lowest BCUT2D eigenvalue weighted by Gasteiger charge is -2.07. The molecule has 2 heteroatoms. The summed E-state index contributed by atoms with van der Waals surface area (Å²) in [5.74, 6) is 1.00. The van der Waals surface area contributed by atoms with E-state index in [4.69, 9.17) is 4.42 Å². The molecule has 1 N–H and O–H groups in total. The number of hydrogen-bond donors (Lipinski definition) is 1. The Morgan fingerprint density at radius 1 is 1.70 bits per heavy atom. The minimum absolute atomic E-state index is 0.333. The van der Waals surface area contributed by atoms with Gasteiger partial charge in [-0.15, -0.1) is 0 Å². The Labute approximate surface area is 61.2 Å². The summed E-state index contributed by atoms with van der Waals surface area (Å²) >= 11 is 0. The second-order valence-corrected chi connectivity index (χ2v) is 2.29. The van der Waals surface area contributed by atoms with Crippen LogP contribution in [0.25, 0.3) is 0 Å². The first-order valence-corrected chi connectivity index (χ1v) is 3.61. The van der Waals surface area contributed by atoms with Crippen LogP contribution in [0.3, 0.4) is 0 Å². The molecule has 1 heterocycles. The van der Waals surface area contributed by atoms with Gasteiger partial charge in [-0.25, -0.2) is 0 Å². The third-order valence-electron chi connectivity index (χ3n) is 1.48. The number of furan rings is 1. The van der Waals surface area contributed by atoms with Crippen LogP contribution in [0.2, 0.25) is 0 Å². The fourth-order valence-electron chi connectivity index (χ4n) is 0.944. The molecule has 10 heavy (non-hydrogen) atoms. The first-order valence-electron chi connectivity index (χ1n) is 3.61. The lowest BCUT2D eigenvalue weighted by Crippen LogP contribution is -2.16. The Morgan fingerprint density at radius 2 is 2.50 bits per heavy atom. The zero-order valence-corrected chi connectivity index (χ0v) is 6.42. The molecule has 1 aromatic rings. The maximum atomic E-state index is 5.19. The van der Waals surface area contributed by atoms with Crippen LogP contribution in [-0.2, 0) is 0 Å². The molecule has 0 radical (unpaired) electrons. The second-order valence-electron chi connectivity index (χ2n) is 2.29. The van der Waals surface area contributed by atoms with Crippen molar-refractivity contribution in [3.05, 3.63) is 24.2 Å². The molecule has 0 aliphatic rings. The third kappa shape index (κ3) is 1.61. The monoisotopic (exact) mass is 139 g/mol. The normalized spacial score (nSPS) is 13.4. The van der Waals surface area contributed by atoms with Crippen LogP contribution in [0.5, 0.6) is 0 Å². The van der Waals surface area contributed by atoms with Gasteiger partial charge in [0, 0.05) is 0 Å². The molecule has 0 saturated heterocycles. The Balaban J connectivity index is 2.50. The summed E-state index contributed by atoms with van der Waals surface area (Å²) in [6, 6.07) is 4.22. The maximum absolute atomic E-state index is 5.19. The van der Waals surface area contributed by atoms with Gasteiger partial charge < -0.3 is 9.73 Å². The summed E-state index contributed by atoms with van der Waals surface area (Å²) in [6.45, 7) is 5.14. The molecule has 0 spiro atoms. The second kappa shape index (κ2) is 3.42. The lowest BCUT2D eigenvalue weighted by molar-refractivity contribution is 0.437. The molecule has 0 amide bonds. The highest BCUT2D eigenvalue weighted by molar-refractivity contribution is 5.02. The van der Waals surface area contributed by atoms with Crippen molar-refractivity contribution in [3.63, 3.8) is 0 Å². The molecule has 1 aromatic heterocycles. The topological polar surface area (TPSA) is 25.2 Å². The fraction of sp³-hybridized carbons (Fsp3) is 0.500. The molecule has 0 aliphatic heterocycles. The van der Waals surface area contributed by atoms with Crippen molar-refractivity contribution in [2.45, 2.75) is 19.9 Å². The molecule has 0 unspecified atom stereocenters. The first-order chi connectivity index (χ1) is 4.84. The van der Waals surface area contributed by atoms with E-state index in [1.54, 1.807) is 6.26 Å². The minimum Gasteiger partial charge on any atom is -0.468 e. The molecular weight excluding hydrogens is 126 g/mol. The van der Waals surface area contributed by atoms with E-state index in [9.17, 15) is 0 Å². The Hall–Kier alpha value is -0.760. The number of rotatable bonds is 3. The summed E-state index contributed by atoms with van der Waals surface area (Å²) in [6.07, 6.45) is 1.70. The average molecular weight is 139 g/mol. The van der Waals surface area contributed by atoms with Crippen LogP contribution in [0.15, 0.2) is 22.8 Å². The predicted molar refractivity (Wildman–Crippen MR) is 40.8 cm³/mol. The van der Waals surface area contributed by atoms with Gasteiger partial charge >= 0.3 is 0 Å². The van der Waals surface area contributed by atoms with Gasteiger partial charge in [-0.2, -0.15) is 0 Å². The van der Waals surface area contributed by atoms with E-state index < -0.39 is 0 Å². The average Bonchev–Trinajstić information content (AvgIpc) is 2.38. The van der Waals surface area contributed by atoms with Crippen LogP contribution in [0, 0.1) is 0 Å². The van der Waals surface area contributed by atoms with E-state index in [0.717, 1.165) is 12.3 Å². The highest BCUT2D eigenvalue weighted by Crippen LogP contribution is 2.10. The van der Waals surface area contributed by atoms with Gasteiger partial charge in [0.15, 0.2) is 0 Å². The first kappa shape index (κ1) is 7.35. The van der Waals surface area contributed by atoms with Crippen LogP contribution >= 0.6 is 0 Å². The molecule has 1 rings (SSSR count). The third-order valence-corrected chi connectivity index (χ3v) is 1.48. The zero-order chi connectivity index (χ0) is 7.40. The SMILES string of the molecule is CCN[C@H](C)c1ccco1. The van der Waals surface area contributed by atoms with Gasteiger partial charge in [0.1, 0.15) is 5.76 Å². The number of nitrogens with one attached hydrogen (secondary N) is 1. The standard InChI is InChI=1S/C8H13NO/c1-3-9-7(2)8-5-4-6-10-8/h4-7,9H,3H2,1-2H3/t7-/m1/s1. The van der Waals surface area contributed by atoms with Gasteiger partial charge in [0.05, 0.1) is 12.3 Å². The fourth-order valence-corrected chi connectivity index (χ4v) is 0.944. The molecule has 0 fully saturated rings. The van der Waals surface area contributed by atoms with Crippen molar-refractivity contribution < 1.29 is 4.42 Å². The van der Waals surface area contributed by atoms with Gasteiger partial charge in [0.25, 0.3) is 0 Å². The van der Waals surface area contributed by atoms with E-state index in [-0.39, 0.29) is 0 Å². The summed E-state index contributed by atoms with van der Waals surface area (Å²) < 4.78 is 5.19. The van der Waals surface area contributed by atoms with Crippen LogP contribution in [-0.4, -0.2) is 6.54 Å². The minimum atomic E-state index is 0.333. The van der Waals surface area contributed by atoms with Crippen molar-refractivity contribution in [2.24, 2.45) is 0 Å². The maximum Gasteiger partial charge on any atom is 0.120 e. The van der Waals surface area contributed by atoms with Crippen molar-refractivity contribution in [1.82, 2.24) is 5.32 Å². The van der Waals surface area contributed by atoms with Crippen LogP contribution in [0.4, 0.5) is 0 Å². The molecular formula is C8H13NO. The summed E-state index contributed by atoms with van der Waals surface area (Å²) in [4.78, 5) is 0. The van der Waals surface area contributed by atoms with Crippen molar-refractivity contribution in [1.29, 1.82) is 0 Å². The quantitative estimate of drug-likeness (QED) is 0.692. The van der Waals surface area contributed by atoms with Crippen LogP contribution in [0.1, 0.15) is 25.6 Å². The molecule has 0 aromatic carbocycles. The highest BCUT2D eigenvalue weighted by atomic mass is 16.3. The van der Waals surface area contributed by atoms with Gasteiger partial charge in [-0.05, 0) is 25.6 Å². The lowest BCUT2D eigenvalue weighted by atomic mass is 10.2. The molecule has 56 valence electrons. The molecule has 2 nitrogen and oxygen atoms in total. The van der Waals surface area contributed by atoms with Crippen LogP contribution < -0.4 is 5.32 Å². The van der Waals surface area contributed by atoms with E-state index in [1.807, 2.05) is 12.1 Å². The largest absolute Gasteiger partial charge is 0.468 e. The van der Waals surface area contributed by atoms with E-state index >= 15 is 0 Å². The highest BCUT2D eigenvalue weighted by Gasteiger charge is 2.03. The van der Waals surface area contributed by atoms with Gasteiger partial charge in [-0.1, -0.05) is 6.92 Å². The van der Waals surface area contributed by atoms with Crippen molar-refractivity contribution in [3.8, 4) is 0 Å². The summed E-state index contributed by atoms with van der Waals surface area (Å²) in [5.41, 5.74) is 0. The molecule has 0 saturated carbocycles.